The summed E-state index contributed by atoms with van der Waals surface area (Å²) in [4.78, 5) is 17.9. The third-order valence-corrected chi connectivity index (χ3v) is 3.82. The first-order valence-electron chi connectivity index (χ1n) is 6.46. The van der Waals surface area contributed by atoms with E-state index in [1.807, 2.05) is 24.0 Å². The lowest BCUT2D eigenvalue weighted by molar-refractivity contribution is -0.148. The van der Waals surface area contributed by atoms with Gasteiger partial charge in [-0.3, -0.25) is 14.7 Å². The van der Waals surface area contributed by atoms with Crippen LogP contribution in [0.3, 0.4) is 0 Å². The van der Waals surface area contributed by atoms with E-state index in [0.717, 1.165) is 30.1 Å². The molecule has 0 saturated carbocycles. The van der Waals surface area contributed by atoms with Gasteiger partial charge in [-0.05, 0) is 33.2 Å². The number of nitrogens with zero attached hydrogens (tertiary/aromatic N) is 2. The quantitative estimate of drug-likeness (QED) is 0.899. The molecule has 1 N–H and O–H groups in total. The number of hydrogen-bond donors (Lipinski definition) is 1. The molecule has 0 spiro atoms. The summed E-state index contributed by atoms with van der Waals surface area (Å²) in [6, 6.07) is 3.73. The predicted octanol–water partition coefficient (Wildman–Crippen LogP) is 1.84. The number of carboxylic acids is 1. The number of aliphatic carboxylic acids is 1. The SMILES string of the molecule is COc1cc(C)nc(CN2CCCC2(C)C(=O)O)c1. The van der Waals surface area contributed by atoms with Crippen molar-refractivity contribution in [1.29, 1.82) is 0 Å². The predicted molar refractivity (Wildman–Crippen MR) is 71.2 cm³/mol. The van der Waals surface area contributed by atoms with E-state index in [0.29, 0.717) is 13.0 Å². The van der Waals surface area contributed by atoms with Crippen molar-refractivity contribution in [3.05, 3.63) is 23.5 Å². The molecule has 1 aliphatic heterocycles. The van der Waals surface area contributed by atoms with Crippen molar-refractivity contribution in [1.82, 2.24) is 9.88 Å². The van der Waals surface area contributed by atoms with Crippen molar-refractivity contribution < 1.29 is 14.6 Å². The van der Waals surface area contributed by atoms with E-state index >= 15 is 0 Å². The number of carbonyl (C=O) groups is 1. The second kappa shape index (κ2) is 5.17. The lowest BCUT2D eigenvalue weighted by atomic mass is 9.99. The number of hydrogen-bond acceptors (Lipinski definition) is 4. The van der Waals surface area contributed by atoms with Crippen molar-refractivity contribution >= 4 is 5.97 Å². The second-order valence-electron chi connectivity index (χ2n) is 5.24. The van der Waals surface area contributed by atoms with E-state index < -0.39 is 11.5 Å². The molecule has 1 saturated heterocycles. The van der Waals surface area contributed by atoms with E-state index in [4.69, 9.17) is 4.74 Å². The van der Waals surface area contributed by atoms with Gasteiger partial charge in [-0.2, -0.15) is 0 Å². The largest absolute Gasteiger partial charge is 0.497 e. The third kappa shape index (κ3) is 2.71. The van der Waals surface area contributed by atoms with Crippen LogP contribution in [0.4, 0.5) is 0 Å². The minimum absolute atomic E-state index is 0.542. The van der Waals surface area contributed by atoms with Gasteiger partial charge < -0.3 is 9.84 Å². The van der Waals surface area contributed by atoms with Crippen LogP contribution in [-0.2, 0) is 11.3 Å². The van der Waals surface area contributed by atoms with Gasteiger partial charge in [0.05, 0.1) is 12.8 Å². The Balaban J connectivity index is 2.21. The number of pyridine rings is 1. The Morgan fingerprint density at radius 3 is 2.95 bits per heavy atom. The highest BCUT2D eigenvalue weighted by atomic mass is 16.5. The van der Waals surface area contributed by atoms with Crippen LogP contribution in [0.2, 0.25) is 0 Å². The lowest BCUT2D eigenvalue weighted by Crippen LogP contribution is -2.47. The van der Waals surface area contributed by atoms with Gasteiger partial charge in [-0.1, -0.05) is 0 Å². The van der Waals surface area contributed by atoms with Crippen LogP contribution in [0, 0.1) is 6.92 Å². The Bertz CT molecular complexity index is 490. The normalized spacial score (nSPS) is 23.5. The summed E-state index contributed by atoms with van der Waals surface area (Å²) in [5.74, 6) is 0.00310. The Morgan fingerprint density at radius 2 is 2.32 bits per heavy atom. The highest BCUT2D eigenvalue weighted by Crippen LogP contribution is 2.31. The van der Waals surface area contributed by atoms with Gasteiger partial charge >= 0.3 is 5.97 Å². The van der Waals surface area contributed by atoms with Crippen molar-refractivity contribution in [2.24, 2.45) is 0 Å². The molecule has 1 atom stereocenters. The summed E-state index contributed by atoms with van der Waals surface area (Å²) in [6.07, 6.45) is 1.59. The number of methoxy groups -OCH3 is 1. The number of likely N-dealkylation sites (tertiary alicyclic amines) is 1. The number of carboxylic acid groups (broad SMARTS) is 1. The van der Waals surface area contributed by atoms with Crippen molar-refractivity contribution in [3.63, 3.8) is 0 Å². The molecular formula is C14H20N2O3. The Labute approximate surface area is 113 Å². The van der Waals surface area contributed by atoms with E-state index in [1.165, 1.54) is 0 Å². The van der Waals surface area contributed by atoms with E-state index in [2.05, 4.69) is 4.98 Å². The maximum atomic E-state index is 11.4. The summed E-state index contributed by atoms with van der Waals surface area (Å²) < 4.78 is 5.22. The highest BCUT2D eigenvalue weighted by Gasteiger charge is 2.43. The van der Waals surface area contributed by atoms with Gasteiger partial charge in [0.1, 0.15) is 11.3 Å². The molecule has 5 heteroatoms. The van der Waals surface area contributed by atoms with E-state index in [-0.39, 0.29) is 0 Å². The first kappa shape index (κ1) is 13.8. The Kier molecular flexibility index (Phi) is 3.75. The van der Waals surface area contributed by atoms with Crippen LogP contribution >= 0.6 is 0 Å². The molecule has 2 heterocycles. The van der Waals surface area contributed by atoms with Crippen LogP contribution < -0.4 is 4.74 Å². The summed E-state index contributed by atoms with van der Waals surface area (Å²) in [5, 5.41) is 9.39. The van der Waals surface area contributed by atoms with Gasteiger partial charge in [-0.25, -0.2) is 0 Å². The van der Waals surface area contributed by atoms with Gasteiger partial charge in [0, 0.05) is 24.4 Å². The van der Waals surface area contributed by atoms with Gasteiger partial charge in [-0.15, -0.1) is 0 Å². The molecule has 1 aliphatic rings. The molecule has 2 rings (SSSR count). The molecule has 0 radical (unpaired) electrons. The second-order valence-corrected chi connectivity index (χ2v) is 5.24. The fraction of sp³-hybridized carbons (Fsp3) is 0.571. The number of rotatable bonds is 4. The number of aromatic nitrogens is 1. The molecule has 0 aromatic carbocycles. The number of ether oxygens (including phenoxy) is 1. The van der Waals surface area contributed by atoms with Crippen LogP contribution in [0.5, 0.6) is 5.75 Å². The molecule has 0 aliphatic carbocycles. The molecule has 104 valence electrons. The van der Waals surface area contributed by atoms with Crippen LogP contribution in [-0.4, -0.2) is 40.2 Å². The minimum atomic E-state index is -0.779. The molecule has 0 bridgehead atoms. The molecule has 1 unspecified atom stereocenters. The maximum Gasteiger partial charge on any atom is 0.323 e. The van der Waals surface area contributed by atoms with Crippen LogP contribution in [0.15, 0.2) is 12.1 Å². The van der Waals surface area contributed by atoms with Crippen LogP contribution in [0.1, 0.15) is 31.2 Å². The fourth-order valence-corrected chi connectivity index (χ4v) is 2.61. The zero-order valence-corrected chi connectivity index (χ0v) is 11.6. The smallest absolute Gasteiger partial charge is 0.323 e. The molecule has 1 fully saturated rings. The molecule has 1 aromatic heterocycles. The zero-order valence-electron chi connectivity index (χ0n) is 11.6. The molecule has 5 nitrogen and oxygen atoms in total. The zero-order chi connectivity index (χ0) is 14.0. The molecule has 19 heavy (non-hydrogen) atoms. The van der Waals surface area contributed by atoms with Gasteiger partial charge in [0.15, 0.2) is 0 Å². The summed E-state index contributed by atoms with van der Waals surface area (Å²) in [6.45, 7) is 5.03. The monoisotopic (exact) mass is 264 g/mol. The van der Waals surface area contributed by atoms with E-state index in [1.54, 1.807) is 14.0 Å². The standard InChI is InChI=1S/C14H20N2O3/c1-10-7-12(19-3)8-11(15-10)9-16-6-4-5-14(16,2)13(17)18/h7-8H,4-6,9H2,1-3H3,(H,17,18). The molecule has 0 amide bonds. The highest BCUT2D eigenvalue weighted by molar-refractivity contribution is 5.78. The average molecular weight is 264 g/mol. The molecular weight excluding hydrogens is 244 g/mol. The summed E-state index contributed by atoms with van der Waals surface area (Å²) >= 11 is 0. The Hall–Kier alpha value is -1.62. The van der Waals surface area contributed by atoms with Crippen LogP contribution in [0.25, 0.3) is 0 Å². The number of aryl methyl sites for hydroxylation is 1. The van der Waals surface area contributed by atoms with Crippen molar-refractivity contribution in [2.45, 2.75) is 38.8 Å². The van der Waals surface area contributed by atoms with Gasteiger partial charge in [0.2, 0.25) is 0 Å². The minimum Gasteiger partial charge on any atom is -0.497 e. The lowest BCUT2D eigenvalue weighted by Gasteiger charge is -2.30. The van der Waals surface area contributed by atoms with Crippen molar-refractivity contribution in [3.8, 4) is 5.75 Å². The summed E-state index contributed by atoms with van der Waals surface area (Å²) in [5.41, 5.74) is 0.954. The van der Waals surface area contributed by atoms with Gasteiger partial charge in [0.25, 0.3) is 0 Å². The topological polar surface area (TPSA) is 62.7 Å². The average Bonchev–Trinajstić information content (AvgIpc) is 2.71. The first-order chi connectivity index (χ1) is 8.95. The van der Waals surface area contributed by atoms with Crippen molar-refractivity contribution in [2.75, 3.05) is 13.7 Å². The van der Waals surface area contributed by atoms with E-state index in [9.17, 15) is 9.90 Å². The third-order valence-electron chi connectivity index (χ3n) is 3.82. The molecule has 1 aromatic rings. The Morgan fingerprint density at radius 1 is 1.58 bits per heavy atom. The maximum absolute atomic E-state index is 11.4. The summed E-state index contributed by atoms with van der Waals surface area (Å²) in [7, 11) is 1.62. The first-order valence-corrected chi connectivity index (χ1v) is 6.46. The fourth-order valence-electron chi connectivity index (χ4n) is 2.61.